The summed E-state index contributed by atoms with van der Waals surface area (Å²) in [4.78, 5) is 10.6. The van der Waals surface area contributed by atoms with Gasteiger partial charge in [0.25, 0.3) is 0 Å². The van der Waals surface area contributed by atoms with Crippen LogP contribution in [-0.4, -0.2) is 48.2 Å². The fourth-order valence-electron chi connectivity index (χ4n) is 1.35. The summed E-state index contributed by atoms with van der Waals surface area (Å²) in [7, 11) is 4.02. The fraction of sp³-hybridized carbons (Fsp3) is 0.692. The Kier molecular flexibility index (Phi) is 6.01. The highest BCUT2D eigenvalue weighted by atomic mass is 16.5. The summed E-state index contributed by atoms with van der Waals surface area (Å²) in [5.41, 5.74) is 2.08. The van der Waals surface area contributed by atoms with Crippen molar-refractivity contribution in [3.63, 3.8) is 0 Å². The van der Waals surface area contributed by atoms with Crippen LogP contribution in [0.25, 0.3) is 0 Å². The van der Waals surface area contributed by atoms with E-state index in [-0.39, 0.29) is 0 Å². The maximum atomic E-state index is 5.49. The van der Waals surface area contributed by atoms with Crippen LogP contribution in [0.2, 0.25) is 0 Å². The number of hydrogen-bond donors (Lipinski definition) is 1. The van der Waals surface area contributed by atoms with Crippen LogP contribution in [0, 0.1) is 6.92 Å². The SMILES string of the molecule is Cc1nc(OCCN(C)C)ncc1CNC(C)C. The molecule has 0 amide bonds. The molecule has 0 bridgehead atoms. The van der Waals surface area contributed by atoms with E-state index in [2.05, 4.69) is 34.0 Å². The van der Waals surface area contributed by atoms with Crippen molar-refractivity contribution < 1.29 is 4.74 Å². The maximum Gasteiger partial charge on any atom is 0.316 e. The lowest BCUT2D eigenvalue weighted by molar-refractivity contribution is 0.245. The van der Waals surface area contributed by atoms with Crippen molar-refractivity contribution in [1.82, 2.24) is 20.2 Å². The first-order chi connectivity index (χ1) is 8.49. The number of hydrogen-bond acceptors (Lipinski definition) is 5. The van der Waals surface area contributed by atoms with Crippen molar-refractivity contribution in [1.29, 1.82) is 0 Å². The molecule has 1 rings (SSSR count). The first kappa shape index (κ1) is 14.9. The molecule has 0 radical (unpaired) electrons. The molecule has 0 aliphatic carbocycles. The molecule has 102 valence electrons. The lowest BCUT2D eigenvalue weighted by atomic mass is 10.2. The number of ether oxygens (including phenoxy) is 1. The van der Waals surface area contributed by atoms with Gasteiger partial charge < -0.3 is 15.0 Å². The molecule has 0 spiro atoms. The van der Waals surface area contributed by atoms with Crippen LogP contribution in [0.3, 0.4) is 0 Å². The van der Waals surface area contributed by atoms with Gasteiger partial charge in [-0.15, -0.1) is 0 Å². The summed E-state index contributed by atoms with van der Waals surface area (Å²) in [6, 6.07) is 0.920. The van der Waals surface area contributed by atoms with Gasteiger partial charge in [-0.1, -0.05) is 13.8 Å². The summed E-state index contributed by atoms with van der Waals surface area (Å²) in [5.74, 6) is 0. The Labute approximate surface area is 110 Å². The van der Waals surface area contributed by atoms with Crippen LogP contribution in [0.4, 0.5) is 0 Å². The molecule has 1 N–H and O–H groups in total. The Morgan fingerprint density at radius 3 is 2.67 bits per heavy atom. The largest absolute Gasteiger partial charge is 0.462 e. The van der Waals surface area contributed by atoms with Crippen molar-refractivity contribution in [2.75, 3.05) is 27.2 Å². The van der Waals surface area contributed by atoms with Crippen LogP contribution in [0.15, 0.2) is 6.20 Å². The summed E-state index contributed by atoms with van der Waals surface area (Å²) >= 11 is 0. The molecule has 5 nitrogen and oxygen atoms in total. The molecule has 5 heteroatoms. The van der Waals surface area contributed by atoms with E-state index in [0.29, 0.717) is 18.7 Å². The number of likely N-dealkylation sites (N-methyl/N-ethyl adjacent to an activating group) is 1. The van der Waals surface area contributed by atoms with E-state index in [1.165, 1.54) is 0 Å². The molecule has 1 heterocycles. The monoisotopic (exact) mass is 252 g/mol. The normalized spacial score (nSPS) is 11.3. The fourth-order valence-corrected chi connectivity index (χ4v) is 1.35. The predicted molar refractivity (Wildman–Crippen MR) is 72.8 cm³/mol. The van der Waals surface area contributed by atoms with Gasteiger partial charge in [0, 0.05) is 36.6 Å². The van der Waals surface area contributed by atoms with Gasteiger partial charge in [-0.25, -0.2) is 9.97 Å². The van der Waals surface area contributed by atoms with E-state index in [4.69, 9.17) is 4.74 Å². The van der Waals surface area contributed by atoms with E-state index in [9.17, 15) is 0 Å². The average Bonchev–Trinajstić information content (AvgIpc) is 2.27. The van der Waals surface area contributed by atoms with Crippen molar-refractivity contribution in [3.8, 4) is 6.01 Å². The molecule has 0 unspecified atom stereocenters. The van der Waals surface area contributed by atoms with Crippen molar-refractivity contribution in [2.24, 2.45) is 0 Å². The molecule has 0 fully saturated rings. The second-order valence-electron chi connectivity index (χ2n) is 4.95. The minimum Gasteiger partial charge on any atom is -0.462 e. The first-order valence-electron chi connectivity index (χ1n) is 6.32. The first-order valence-corrected chi connectivity index (χ1v) is 6.32. The number of aryl methyl sites for hydroxylation is 1. The van der Waals surface area contributed by atoms with Crippen molar-refractivity contribution in [2.45, 2.75) is 33.4 Å². The van der Waals surface area contributed by atoms with E-state index in [1.807, 2.05) is 27.2 Å². The lowest BCUT2D eigenvalue weighted by Gasteiger charge is -2.12. The molecule has 0 saturated carbocycles. The molecular formula is C13H24N4O. The molecular weight excluding hydrogens is 228 g/mol. The van der Waals surface area contributed by atoms with Crippen molar-refractivity contribution in [3.05, 3.63) is 17.5 Å². The Morgan fingerprint density at radius 2 is 2.11 bits per heavy atom. The number of nitrogens with zero attached hydrogens (tertiary/aromatic N) is 3. The average molecular weight is 252 g/mol. The topological polar surface area (TPSA) is 50.3 Å². The third-order valence-electron chi connectivity index (χ3n) is 2.53. The van der Waals surface area contributed by atoms with Crippen LogP contribution in [0.5, 0.6) is 6.01 Å². The number of nitrogens with one attached hydrogen (secondary N) is 1. The minimum absolute atomic E-state index is 0.459. The second-order valence-corrected chi connectivity index (χ2v) is 4.95. The van der Waals surface area contributed by atoms with E-state index >= 15 is 0 Å². The van der Waals surface area contributed by atoms with E-state index < -0.39 is 0 Å². The third kappa shape index (κ3) is 5.42. The molecule has 0 atom stereocenters. The molecule has 0 aromatic carbocycles. The van der Waals surface area contributed by atoms with Crippen LogP contribution >= 0.6 is 0 Å². The van der Waals surface area contributed by atoms with Gasteiger partial charge >= 0.3 is 6.01 Å². The molecule has 0 aliphatic heterocycles. The van der Waals surface area contributed by atoms with E-state index in [1.54, 1.807) is 0 Å². The number of rotatable bonds is 7. The Morgan fingerprint density at radius 1 is 1.39 bits per heavy atom. The van der Waals surface area contributed by atoms with Gasteiger partial charge in [-0.3, -0.25) is 0 Å². The van der Waals surface area contributed by atoms with Crippen LogP contribution in [0.1, 0.15) is 25.1 Å². The van der Waals surface area contributed by atoms with Gasteiger partial charge in [0.1, 0.15) is 6.61 Å². The maximum absolute atomic E-state index is 5.49. The van der Waals surface area contributed by atoms with Crippen LogP contribution in [-0.2, 0) is 6.54 Å². The lowest BCUT2D eigenvalue weighted by Crippen LogP contribution is -2.23. The summed E-state index contributed by atoms with van der Waals surface area (Å²) in [6.07, 6.45) is 1.84. The molecule has 0 aliphatic rings. The van der Waals surface area contributed by atoms with Crippen molar-refractivity contribution >= 4 is 0 Å². The van der Waals surface area contributed by atoms with Gasteiger partial charge in [0.2, 0.25) is 0 Å². The number of aromatic nitrogens is 2. The van der Waals surface area contributed by atoms with Gasteiger partial charge in [-0.05, 0) is 21.0 Å². The smallest absolute Gasteiger partial charge is 0.316 e. The highest BCUT2D eigenvalue weighted by Gasteiger charge is 2.05. The van der Waals surface area contributed by atoms with Crippen LogP contribution < -0.4 is 10.1 Å². The zero-order valence-corrected chi connectivity index (χ0v) is 12.0. The summed E-state index contributed by atoms with van der Waals surface area (Å²) in [5, 5.41) is 3.35. The van der Waals surface area contributed by atoms with Gasteiger partial charge in [-0.2, -0.15) is 0 Å². The Bertz CT molecular complexity index is 366. The Balaban J connectivity index is 2.51. The molecule has 1 aromatic heterocycles. The minimum atomic E-state index is 0.459. The highest BCUT2D eigenvalue weighted by molar-refractivity contribution is 5.17. The van der Waals surface area contributed by atoms with E-state index in [0.717, 1.165) is 24.3 Å². The highest BCUT2D eigenvalue weighted by Crippen LogP contribution is 2.08. The standard InChI is InChI=1S/C13H24N4O/c1-10(2)14-8-12-9-15-13(16-11(12)3)18-7-6-17(4)5/h9-10,14H,6-8H2,1-5H3. The van der Waals surface area contributed by atoms with Gasteiger partial charge in [0.15, 0.2) is 0 Å². The third-order valence-corrected chi connectivity index (χ3v) is 2.53. The predicted octanol–water partition coefficient (Wildman–Crippen LogP) is 1.22. The zero-order chi connectivity index (χ0) is 13.5. The summed E-state index contributed by atoms with van der Waals surface area (Å²) < 4.78 is 5.49. The second kappa shape index (κ2) is 7.28. The molecule has 1 aromatic rings. The molecule has 0 saturated heterocycles. The van der Waals surface area contributed by atoms with Gasteiger partial charge in [0.05, 0.1) is 0 Å². The summed E-state index contributed by atoms with van der Waals surface area (Å²) in [6.45, 7) is 8.48. The Hall–Kier alpha value is -1.20. The zero-order valence-electron chi connectivity index (χ0n) is 12.0. The molecule has 18 heavy (non-hydrogen) atoms. The quantitative estimate of drug-likeness (QED) is 0.791.